The van der Waals surface area contributed by atoms with Gasteiger partial charge in [-0.2, -0.15) is 0 Å². The van der Waals surface area contributed by atoms with Gasteiger partial charge in [-0.15, -0.1) is 0 Å². The van der Waals surface area contributed by atoms with E-state index in [1.165, 1.54) is 6.20 Å². The zero-order valence-electron chi connectivity index (χ0n) is 6.96. The topological polar surface area (TPSA) is 62.2 Å². The van der Waals surface area contributed by atoms with Crippen LogP contribution in [0.1, 0.15) is 11.3 Å². The summed E-state index contributed by atoms with van der Waals surface area (Å²) < 4.78 is 0. The van der Waals surface area contributed by atoms with Gasteiger partial charge in [0, 0.05) is 5.69 Å². The first-order valence-electron chi connectivity index (χ1n) is 3.53. The van der Waals surface area contributed by atoms with Gasteiger partial charge < -0.3 is 5.11 Å². The molecular formula is C8H10N2O2. The van der Waals surface area contributed by atoms with E-state index in [0.29, 0.717) is 5.69 Å². The van der Waals surface area contributed by atoms with Gasteiger partial charge >= 0.3 is 6.09 Å². The van der Waals surface area contributed by atoms with E-state index in [9.17, 15) is 4.79 Å². The maximum atomic E-state index is 10.2. The van der Waals surface area contributed by atoms with Gasteiger partial charge in [0.05, 0.1) is 11.9 Å². The number of nitrogens with zero attached hydrogens (tertiary/aromatic N) is 1. The number of nitrogens with one attached hydrogen (secondary N) is 1. The molecule has 0 aliphatic rings. The SMILES string of the molecule is Cc1cc(NC(=O)O)cnc1C. The molecular weight excluding hydrogens is 156 g/mol. The number of anilines is 1. The van der Waals surface area contributed by atoms with Crippen LogP contribution in [-0.2, 0) is 0 Å². The number of hydrogen-bond donors (Lipinski definition) is 2. The number of amides is 1. The summed E-state index contributed by atoms with van der Waals surface area (Å²) in [5, 5.41) is 10.6. The highest BCUT2D eigenvalue weighted by Gasteiger charge is 1.99. The number of aryl methyl sites for hydroxylation is 2. The van der Waals surface area contributed by atoms with E-state index in [0.717, 1.165) is 11.3 Å². The molecule has 0 unspecified atom stereocenters. The lowest BCUT2D eigenvalue weighted by atomic mass is 10.2. The molecule has 64 valence electrons. The number of hydrogen-bond acceptors (Lipinski definition) is 2. The zero-order chi connectivity index (χ0) is 9.14. The van der Waals surface area contributed by atoms with Crippen LogP contribution in [0.2, 0.25) is 0 Å². The Morgan fingerprint density at radius 3 is 2.75 bits per heavy atom. The third kappa shape index (κ3) is 1.95. The van der Waals surface area contributed by atoms with E-state index in [-0.39, 0.29) is 0 Å². The van der Waals surface area contributed by atoms with Gasteiger partial charge in [-0.1, -0.05) is 0 Å². The van der Waals surface area contributed by atoms with E-state index in [4.69, 9.17) is 5.11 Å². The Balaban J connectivity index is 2.89. The molecule has 1 heterocycles. The lowest BCUT2D eigenvalue weighted by molar-refractivity contribution is 0.209. The molecule has 1 aromatic rings. The monoisotopic (exact) mass is 166 g/mol. The van der Waals surface area contributed by atoms with Crippen LogP contribution >= 0.6 is 0 Å². The average Bonchev–Trinajstić information content (AvgIpc) is 1.96. The molecule has 1 amide bonds. The van der Waals surface area contributed by atoms with E-state index < -0.39 is 6.09 Å². The minimum Gasteiger partial charge on any atom is -0.465 e. The van der Waals surface area contributed by atoms with Gasteiger partial charge in [0.1, 0.15) is 0 Å². The lowest BCUT2D eigenvalue weighted by Gasteiger charge is -2.02. The number of carbonyl (C=O) groups is 1. The summed E-state index contributed by atoms with van der Waals surface area (Å²) in [6, 6.07) is 1.75. The van der Waals surface area contributed by atoms with Crippen molar-refractivity contribution in [2.24, 2.45) is 0 Å². The molecule has 0 fully saturated rings. The van der Waals surface area contributed by atoms with Crippen molar-refractivity contribution in [3.63, 3.8) is 0 Å². The highest BCUT2D eigenvalue weighted by Crippen LogP contribution is 2.10. The Kier molecular flexibility index (Phi) is 2.28. The van der Waals surface area contributed by atoms with Crippen LogP contribution in [0.4, 0.5) is 10.5 Å². The minimum atomic E-state index is -1.07. The molecule has 1 aromatic heterocycles. The summed E-state index contributed by atoms with van der Waals surface area (Å²) in [6.45, 7) is 3.76. The minimum absolute atomic E-state index is 0.505. The fourth-order valence-corrected chi connectivity index (χ4v) is 0.835. The molecule has 4 nitrogen and oxygen atoms in total. The average molecular weight is 166 g/mol. The molecule has 0 aromatic carbocycles. The van der Waals surface area contributed by atoms with Crippen molar-refractivity contribution in [3.8, 4) is 0 Å². The molecule has 0 atom stereocenters. The first kappa shape index (κ1) is 8.52. The summed E-state index contributed by atoms with van der Waals surface area (Å²) in [5.74, 6) is 0. The maximum Gasteiger partial charge on any atom is 0.409 e. The Bertz CT molecular complexity index is 310. The van der Waals surface area contributed by atoms with Gasteiger partial charge in [-0.25, -0.2) is 4.79 Å². The molecule has 2 N–H and O–H groups in total. The third-order valence-electron chi connectivity index (χ3n) is 1.59. The van der Waals surface area contributed by atoms with Crippen LogP contribution in [0.15, 0.2) is 12.3 Å². The highest BCUT2D eigenvalue weighted by molar-refractivity contribution is 5.82. The Hall–Kier alpha value is -1.58. The van der Waals surface area contributed by atoms with Crippen LogP contribution < -0.4 is 5.32 Å². The predicted molar refractivity (Wildman–Crippen MR) is 45.4 cm³/mol. The fourth-order valence-electron chi connectivity index (χ4n) is 0.835. The molecule has 0 saturated carbocycles. The Morgan fingerprint density at radius 2 is 2.25 bits per heavy atom. The van der Waals surface area contributed by atoms with Crippen LogP contribution in [0.25, 0.3) is 0 Å². The molecule has 0 radical (unpaired) electrons. The highest BCUT2D eigenvalue weighted by atomic mass is 16.4. The van der Waals surface area contributed by atoms with Crippen molar-refractivity contribution in [2.45, 2.75) is 13.8 Å². The second kappa shape index (κ2) is 3.21. The summed E-state index contributed by atoms with van der Waals surface area (Å²) in [7, 11) is 0. The lowest BCUT2D eigenvalue weighted by Crippen LogP contribution is -2.07. The molecule has 0 aliphatic heterocycles. The summed E-state index contributed by atoms with van der Waals surface area (Å²) in [6.07, 6.45) is 0.427. The van der Waals surface area contributed by atoms with Crippen molar-refractivity contribution in [2.75, 3.05) is 5.32 Å². The van der Waals surface area contributed by atoms with Gasteiger partial charge in [-0.05, 0) is 25.5 Å². The molecule has 0 saturated heterocycles. The van der Waals surface area contributed by atoms with E-state index >= 15 is 0 Å². The van der Waals surface area contributed by atoms with Crippen LogP contribution in [-0.4, -0.2) is 16.2 Å². The summed E-state index contributed by atoms with van der Waals surface area (Å²) in [5.41, 5.74) is 2.39. The molecule has 0 spiro atoms. The second-order valence-corrected chi connectivity index (χ2v) is 2.56. The van der Waals surface area contributed by atoms with Crippen molar-refractivity contribution in [3.05, 3.63) is 23.5 Å². The predicted octanol–water partition coefficient (Wildman–Crippen LogP) is 1.79. The quantitative estimate of drug-likeness (QED) is 0.668. The van der Waals surface area contributed by atoms with Gasteiger partial charge in [0.2, 0.25) is 0 Å². The molecule has 0 aliphatic carbocycles. The number of rotatable bonds is 1. The first-order valence-corrected chi connectivity index (χ1v) is 3.53. The van der Waals surface area contributed by atoms with Crippen molar-refractivity contribution in [1.82, 2.24) is 4.98 Å². The number of carboxylic acid groups (broad SMARTS) is 1. The van der Waals surface area contributed by atoms with E-state index in [1.54, 1.807) is 6.07 Å². The molecule has 1 rings (SSSR count). The van der Waals surface area contributed by atoms with Crippen LogP contribution in [0.5, 0.6) is 0 Å². The molecule has 4 heteroatoms. The molecule has 12 heavy (non-hydrogen) atoms. The van der Waals surface area contributed by atoms with E-state index in [1.807, 2.05) is 13.8 Å². The second-order valence-electron chi connectivity index (χ2n) is 2.56. The Labute approximate surface area is 70.3 Å². The standard InChI is InChI=1S/C8H10N2O2/c1-5-3-7(10-8(11)12)4-9-6(5)2/h3-4,10H,1-2H3,(H,11,12). The van der Waals surface area contributed by atoms with Crippen LogP contribution in [0.3, 0.4) is 0 Å². The van der Waals surface area contributed by atoms with Crippen LogP contribution in [0, 0.1) is 13.8 Å². The maximum absolute atomic E-state index is 10.2. The van der Waals surface area contributed by atoms with Crippen molar-refractivity contribution < 1.29 is 9.90 Å². The largest absolute Gasteiger partial charge is 0.465 e. The first-order chi connectivity index (χ1) is 5.59. The van der Waals surface area contributed by atoms with Gasteiger partial charge in [-0.3, -0.25) is 10.3 Å². The van der Waals surface area contributed by atoms with Gasteiger partial charge in [0.25, 0.3) is 0 Å². The number of aromatic nitrogens is 1. The summed E-state index contributed by atoms with van der Waals surface area (Å²) >= 11 is 0. The normalized spacial score (nSPS) is 9.50. The van der Waals surface area contributed by atoms with Gasteiger partial charge in [0.15, 0.2) is 0 Å². The fraction of sp³-hybridized carbons (Fsp3) is 0.250. The smallest absolute Gasteiger partial charge is 0.409 e. The van der Waals surface area contributed by atoms with E-state index in [2.05, 4.69) is 10.3 Å². The van der Waals surface area contributed by atoms with Crippen molar-refractivity contribution >= 4 is 11.8 Å². The number of pyridine rings is 1. The third-order valence-corrected chi connectivity index (χ3v) is 1.59. The van der Waals surface area contributed by atoms with Crippen molar-refractivity contribution in [1.29, 1.82) is 0 Å². The molecule has 0 bridgehead atoms. The Morgan fingerprint density at radius 1 is 1.58 bits per heavy atom. The zero-order valence-corrected chi connectivity index (χ0v) is 6.96. The summed E-state index contributed by atoms with van der Waals surface area (Å²) in [4.78, 5) is 14.2.